The topological polar surface area (TPSA) is 119 Å². The lowest BCUT2D eigenvalue weighted by atomic mass is 10.1. The van der Waals surface area contributed by atoms with E-state index in [2.05, 4.69) is 15.3 Å². The summed E-state index contributed by atoms with van der Waals surface area (Å²) in [5.74, 6) is 1.36. The molecule has 1 amide bonds. The standard InChI is InChI=1S/C20H20N4O5S3/c25-19(11-31-20-22-21-18(29-20)9-13-5-8-32(26,27)12-13)24-15(17-4-2-7-30-17)10-14(23-24)16-3-1-6-28-16/h1-4,6-7,13,15H,5,8-12H2. The zero-order chi connectivity index (χ0) is 22.1. The van der Waals surface area contributed by atoms with Crippen molar-refractivity contribution in [3.8, 4) is 0 Å². The first kappa shape index (κ1) is 21.4. The second-order valence-electron chi connectivity index (χ2n) is 7.72. The van der Waals surface area contributed by atoms with Crippen molar-refractivity contribution in [1.29, 1.82) is 0 Å². The number of hydrogen-bond acceptors (Lipinski definition) is 10. The first-order chi connectivity index (χ1) is 15.5. The Labute approximate surface area is 192 Å². The quantitative estimate of drug-likeness (QED) is 0.462. The molecule has 0 radical (unpaired) electrons. The normalized spacial score (nSPS) is 22.4. The van der Waals surface area contributed by atoms with Gasteiger partial charge >= 0.3 is 0 Å². The van der Waals surface area contributed by atoms with Crippen LogP contribution in [-0.2, 0) is 21.1 Å². The van der Waals surface area contributed by atoms with Crippen LogP contribution in [-0.4, -0.2) is 52.5 Å². The fourth-order valence-corrected chi connectivity index (χ4v) is 7.19. The number of aromatic nitrogens is 2. The van der Waals surface area contributed by atoms with E-state index in [4.69, 9.17) is 8.83 Å². The van der Waals surface area contributed by atoms with E-state index < -0.39 is 9.84 Å². The molecule has 0 aromatic carbocycles. The van der Waals surface area contributed by atoms with Crippen molar-refractivity contribution in [1.82, 2.24) is 15.2 Å². The predicted molar refractivity (Wildman–Crippen MR) is 119 cm³/mol. The smallest absolute Gasteiger partial charge is 0.277 e. The number of thiophene rings is 1. The number of hydrazone groups is 1. The minimum atomic E-state index is -2.95. The molecule has 2 aliphatic heterocycles. The Kier molecular flexibility index (Phi) is 5.91. The highest BCUT2D eigenvalue weighted by Gasteiger charge is 2.35. The van der Waals surface area contributed by atoms with Crippen LogP contribution in [0.15, 0.2) is 55.1 Å². The first-order valence-corrected chi connectivity index (χ1v) is 13.8. The molecule has 0 spiro atoms. The van der Waals surface area contributed by atoms with Gasteiger partial charge in [0.2, 0.25) is 5.89 Å². The summed E-state index contributed by atoms with van der Waals surface area (Å²) < 4.78 is 34.3. The van der Waals surface area contributed by atoms with Gasteiger partial charge in [-0.2, -0.15) is 5.10 Å². The Morgan fingerprint density at radius 1 is 1.28 bits per heavy atom. The van der Waals surface area contributed by atoms with Gasteiger partial charge in [0.25, 0.3) is 11.1 Å². The first-order valence-electron chi connectivity index (χ1n) is 10.1. The maximum atomic E-state index is 13.0. The Hall–Kier alpha value is -2.44. The number of thioether (sulfide) groups is 1. The van der Waals surface area contributed by atoms with Crippen LogP contribution in [0, 0.1) is 5.92 Å². The number of carbonyl (C=O) groups is 1. The van der Waals surface area contributed by atoms with Crippen LogP contribution >= 0.6 is 23.1 Å². The summed E-state index contributed by atoms with van der Waals surface area (Å²) in [6.45, 7) is 0. The molecule has 0 N–H and O–H groups in total. The van der Waals surface area contributed by atoms with Crippen molar-refractivity contribution in [3.63, 3.8) is 0 Å². The van der Waals surface area contributed by atoms with E-state index in [-0.39, 0.29) is 40.3 Å². The van der Waals surface area contributed by atoms with Crippen LogP contribution in [0.1, 0.15) is 35.4 Å². The number of hydrogen-bond donors (Lipinski definition) is 0. The van der Waals surface area contributed by atoms with E-state index in [9.17, 15) is 13.2 Å². The molecule has 32 heavy (non-hydrogen) atoms. The van der Waals surface area contributed by atoms with Gasteiger partial charge in [-0.1, -0.05) is 17.8 Å². The minimum absolute atomic E-state index is 0.00504. The molecule has 9 nitrogen and oxygen atoms in total. The number of furan rings is 1. The average Bonchev–Trinajstić information content (AvgIpc) is 3.57. The van der Waals surface area contributed by atoms with Crippen molar-refractivity contribution in [2.75, 3.05) is 17.3 Å². The number of sulfone groups is 1. The van der Waals surface area contributed by atoms with Crippen LogP contribution in [0.5, 0.6) is 0 Å². The van der Waals surface area contributed by atoms with E-state index in [0.29, 0.717) is 30.9 Å². The summed E-state index contributed by atoms with van der Waals surface area (Å²) >= 11 is 2.74. The average molecular weight is 493 g/mol. The van der Waals surface area contributed by atoms with E-state index in [1.54, 1.807) is 23.7 Å². The fraction of sp³-hybridized carbons (Fsp3) is 0.400. The third-order valence-corrected chi connectivity index (χ3v) is 9.01. The van der Waals surface area contributed by atoms with Crippen molar-refractivity contribution in [2.45, 2.75) is 30.5 Å². The highest BCUT2D eigenvalue weighted by molar-refractivity contribution is 7.99. The molecule has 5 rings (SSSR count). The summed E-state index contributed by atoms with van der Waals surface area (Å²) in [6.07, 6.45) is 3.22. The van der Waals surface area contributed by atoms with Gasteiger partial charge in [-0.05, 0) is 35.9 Å². The van der Waals surface area contributed by atoms with Gasteiger partial charge in [0.05, 0.1) is 29.6 Å². The summed E-state index contributed by atoms with van der Waals surface area (Å²) in [7, 11) is -2.95. The van der Waals surface area contributed by atoms with Crippen molar-refractivity contribution in [3.05, 3.63) is 52.4 Å². The van der Waals surface area contributed by atoms with Gasteiger partial charge in [-0.25, -0.2) is 13.4 Å². The monoisotopic (exact) mass is 492 g/mol. The number of rotatable bonds is 7. The molecule has 2 atom stereocenters. The number of nitrogens with zero attached hydrogens (tertiary/aromatic N) is 4. The van der Waals surface area contributed by atoms with Crippen molar-refractivity contribution >= 4 is 44.6 Å². The highest BCUT2D eigenvalue weighted by Crippen LogP contribution is 2.36. The van der Waals surface area contributed by atoms with E-state index in [1.807, 2.05) is 23.6 Å². The second-order valence-corrected chi connectivity index (χ2v) is 11.9. The minimum Gasteiger partial charge on any atom is -0.463 e. The number of amides is 1. The van der Waals surface area contributed by atoms with Crippen LogP contribution in [0.3, 0.4) is 0 Å². The Morgan fingerprint density at radius 3 is 2.91 bits per heavy atom. The molecule has 0 saturated carbocycles. The molecule has 3 aromatic heterocycles. The van der Waals surface area contributed by atoms with Crippen LogP contribution in [0.4, 0.5) is 0 Å². The Morgan fingerprint density at radius 2 is 2.19 bits per heavy atom. The maximum absolute atomic E-state index is 13.0. The summed E-state index contributed by atoms with van der Waals surface area (Å²) in [5.41, 5.74) is 0.735. The van der Waals surface area contributed by atoms with Crippen LogP contribution < -0.4 is 0 Å². The van der Waals surface area contributed by atoms with Crippen molar-refractivity contribution in [2.24, 2.45) is 11.0 Å². The van der Waals surface area contributed by atoms with Crippen LogP contribution in [0.25, 0.3) is 0 Å². The second kappa shape index (κ2) is 8.83. The lowest BCUT2D eigenvalue weighted by Crippen LogP contribution is -2.28. The largest absolute Gasteiger partial charge is 0.463 e. The van der Waals surface area contributed by atoms with E-state index in [1.165, 1.54) is 5.01 Å². The summed E-state index contributed by atoms with van der Waals surface area (Å²) in [5, 5.41) is 16.3. The lowest BCUT2D eigenvalue weighted by Gasteiger charge is -2.20. The molecule has 0 bridgehead atoms. The zero-order valence-corrected chi connectivity index (χ0v) is 19.4. The highest BCUT2D eigenvalue weighted by atomic mass is 32.2. The predicted octanol–water partition coefficient (Wildman–Crippen LogP) is 3.17. The molecule has 1 fully saturated rings. The van der Waals surface area contributed by atoms with Gasteiger partial charge in [0, 0.05) is 17.7 Å². The Bertz CT molecular complexity index is 1220. The van der Waals surface area contributed by atoms with Crippen LogP contribution in [0.2, 0.25) is 0 Å². The number of carbonyl (C=O) groups excluding carboxylic acids is 1. The third-order valence-electron chi connectivity index (χ3n) is 5.40. The SMILES string of the molecule is O=C(CSc1nnc(CC2CCS(=O)(=O)C2)o1)N1N=C(c2ccco2)CC1c1cccs1. The molecule has 12 heteroatoms. The summed E-state index contributed by atoms with van der Waals surface area (Å²) in [4.78, 5) is 14.1. The van der Waals surface area contributed by atoms with E-state index in [0.717, 1.165) is 22.4 Å². The molecule has 1 saturated heterocycles. The third kappa shape index (κ3) is 4.66. The molecular formula is C20H20N4O5S3. The lowest BCUT2D eigenvalue weighted by molar-refractivity contribution is -0.130. The fourth-order valence-electron chi connectivity index (χ4n) is 3.88. The van der Waals surface area contributed by atoms with Gasteiger partial charge in [-0.15, -0.1) is 21.5 Å². The van der Waals surface area contributed by atoms with Gasteiger partial charge < -0.3 is 8.83 Å². The van der Waals surface area contributed by atoms with Gasteiger partial charge in [-0.3, -0.25) is 4.79 Å². The molecule has 2 unspecified atom stereocenters. The van der Waals surface area contributed by atoms with Crippen molar-refractivity contribution < 1.29 is 22.0 Å². The molecular weight excluding hydrogens is 472 g/mol. The van der Waals surface area contributed by atoms with Gasteiger partial charge in [0.15, 0.2) is 9.84 Å². The van der Waals surface area contributed by atoms with E-state index >= 15 is 0 Å². The Balaban J connectivity index is 1.23. The zero-order valence-electron chi connectivity index (χ0n) is 16.9. The molecule has 2 aliphatic rings. The molecule has 0 aliphatic carbocycles. The molecule has 3 aromatic rings. The summed E-state index contributed by atoms with van der Waals surface area (Å²) in [6, 6.07) is 7.41. The molecule has 168 valence electrons. The maximum Gasteiger partial charge on any atom is 0.277 e. The van der Waals surface area contributed by atoms with Gasteiger partial charge in [0.1, 0.15) is 11.5 Å². The molecule has 5 heterocycles.